The van der Waals surface area contributed by atoms with Crippen LogP contribution in [-0.4, -0.2) is 23.9 Å². The van der Waals surface area contributed by atoms with Gasteiger partial charge in [-0.2, -0.15) is 0 Å². The SMILES string of the molecule is C1=CC(c2cc(-c3ccccc3)nc(-c3cccc(-n4c5c(c6c7c8ccccc8n8c9ccccc9nc8c7ccc64)=CCCC=5)c3)n2)=CCC1. The average molecular weight is 668 g/mol. The van der Waals surface area contributed by atoms with Gasteiger partial charge in [-0.25, -0.2) is 15.0 Å². The number of rotatable bonds is 4. The van der Waals surface area contributed by atoms with Gasteiger partial charge in [0.25, 0.3) is 0 Å². The molecular formula is C47H33N5. The number of fused-ring (bicyclic) bond motifs is 12. The number of benzene rings is 5. The van der Waals surface area contributed by atoms with Crippen molar-refractivity contribution in [2.24, 2.45) is 0 Å². The summed E-state index contributed by atoms with van der Waals surface area (Å²) in [7, 11) is 0. The van der Waals surface area contributed by atoms with E-state index in [1.165, 1.54) is 43.1 Å². The van der Waals surface area contributed by atoms with Gasteiger partial charge >= 0.3 is 0 Å². The summed E-state index contributed by atoms with van der Waals surface area (Å²) in [6.45, 7) is 0. The molecule has 52 heavy (non-hydrogen) atoms. The van der Waals surface area contributed by atoms with E-state index in [4.69, 9.17) is 15.0 Å². The zero-order valence-corrected chi connectivity index (χ0v) is 28.5. The molecule has 246 valence electrons. The summed E-state index contributed by atoms with van der Waals surface area (Å²) in [5, 5.41) is 7.46. The number of hydrogen-bond donors (Lipinski definition) is 0. The van der Waals surface area contributed by atoms with Crippen molar-refractivity contribution in [1.82, 2.24) is 23.9 Å². The van der Waals surface area contributed by atoms with Crippen LogP contribution in [0.3, 0.4) is 0 Å². The molecule has 0 unspecified atom stereocenters. The number of para-hydroxylation sites is 3. The fraction of sp³-hybridized carbons (Fsp3) is 0.0851. The van der Waals surface area contributed by atoms with Gasteiger partial charge in [0.15, 0.2) is 5.82 Å². The maximum atomic E-state index is 5.21. The average Bonchev–Trinajstić information content (AvgIpc) is 3.78. The van der Waals surface area contributed by atoms with E-state index in [0.29, 0.717) is 0 Å². The van der Waals surface area contributed by atoms with Crippen molar-refractivity contribution in [2.45, 2.75) is 25.7 Å². The van der Waals surface area contributed by atoms with Crippen molar-refractivity contribution in [3.8, 4) is 28.3 Å². The Labute approximate surface area is 299 Å². The van der Waals surface area contributed by atoms with Gasteiger partial charge in [-0.05, 0) is 79.8 Å². The van der Waals surface area contributed by atoms with Crippen LogP contribution in [0, 0.1) is 0 Å². The van der Waals surface area contributed by atoms with E-state index in [-0.39, 0.29) is 0 Å². The number of imidazole rings is 1. The Morgan fingerprint density at radius 2 is 1.31 bits per heavy atom. The highest BCUT2D eigenvalue weighted by Crippen LogP contribution is 2.37. The Hall–Kier alpha value is -6.59. The van der Waals surface area contributed by atoms with Crippen LogP contribution in [0.1, 0.15) is 31.4 Å². The molecular weight excluding hydrogens is 635 g/mol. The molecule has 0 fully saturated rings. The van der Waals surface area contributed by atoms with Gasteiger partial charge in [0.2, 0.25) is 0 Å². The first-order chi connectivity index (χ1) is 25.8. The second kappa shape index (κ2) is 11.5. The van der Waals surface area contributed by atoms with E-state index in [0.717, 1.165) is 82.0 Å². The van der Waals surface area contributed by atoms with Crippen LogP contribution in [-0.2, 0) is 0 Å². The maximum Gasteiger partial charge on any atom is 0.160 e. The minimum absolute atomic E-state index is 0.726. The molecule has 0 bridgehead atoms. The van der Waals surface area contributed by atoms with E-state index in [9.17, 15) is 0 Å². The van der Waals surface area contributed by atoms with Gasteiger partial charge in [0.1, 0.15) is 5.65 Å². The molecule has 0 amide bonds. The Kier molecular flexibility index (Phi) is 6.44. The molecule has 4 aromatic heterocycles. The summed E-state index contributed by atoms with van der Waals surface area (Å²) < 4.78 is 4.78. The highest BCUT2D eigenvalue weighted by atomic mass is 15.0. The second-order valence-electron chi connectivity index (χ2n) is 13.8. The first kappa shape index (κ1) is 29.2. The predicted molar refractivity (Wildman–Crippen MR) is 215 cm³/mol. The van der Waals surface area contributed by atoms with Crippen molar-refractivity contribution in [3.63, 3.8) is 0 Å². The first-order valence-corrected chi connectivity index (χ1v) is 18.2. The quantitative estimate of drug-likeness (QED) is 0.176. The van der Waals surface area contributed by atoms with Crippen LogP contribution in [0.15, 0.2) is 140 Å². The standard InChI is InChI=1S/C47H33N5/c1-3-14-30(15-4-1)38-29-39(31-16-5-2-6-17-31)49-46(48-38)32-18-13-19-33(28-32)51-40-23-10-8-21-35(40)45-43(51)27-26-36-44(45)34-20-7-11-24-41(34)52-42-25-12-9-22-37(42)50-47(36)52/h1,3-5,7,9,11-29H,2,6,8,10H2. The largest absolute Gasteiger partial charge is 0.310 e. The van der Waals surface area contributed by atoms with E-state index < -0.39 is 0 Å². The smallest absolute Gasteiger partial charge is 0.160 e. The first-order valence-electron chi connectivity index (χ1n) is 18.2. The lowest BCUT2D eigenvalue weighted by atomic mass is 10.00. The molecule has 0 N–H and O–H groups in total. The Morgan fingerprint density at radius 3 is 2.21 bits per heavy atom. The third-order valence-electron chi connectivity index (χ3n) is 10.7. The molecule has 0 saturated carbocycles. The fourth-order valence-electron chi connectivity index (χ4n) is 8.43. The van der Waals surface area contributed by atoms with Gasteiger partial charge in [0, 0.05) is 48.9 Å². The highest BCUT2D eigenvalue weighted by molar-refractivity contribution is 6.24. The molecule has 9 aromatic rings. The van der Waals surface area contributed by atoms with Crippen molar-refractivity contribution < 1.29 is 0 Å². The van der Waals surface area contributed by atoms with Crippen molar-refractivity contribution >= 4 is 67.0 Å². The number of allylic oxidation sites excluding steroid dienone is 4. The van der Waals surface area contributed by atoms with Crippen LogP contribution >= 0.6 is 0 Å². The van der Waals surface area contributed by atoms with E-state index in [1.54, 1.807) is 0 Å². The molecule has 0 radical (unpaired) electrons. The van der Waals surface area contributed by atoms with Gasteiger partial charge < -0.3 is 4.57 Å². The zero-order valence-electron chi connectivity index (χ0n) is 28.5. The lowest BCUT2D eigenvalue weighted by molar-refractivity contribution is 1.02. The molecule has 0 saturated heterocycles. The molecule has 5 aromatic carbocycles. The molecule has 0 aliphatic heterocycles. The molecule has 4 heterocycles. The minimum Gasteiger partial charge on any atom is -0.310 e. The molecule has 11 rings (SSSR count). The molecule has 0 spiro atoms. The topological polar surface area (TPSA) is 48.0 Å². The van der Waals surface area contributed by atoms with Crippen LogP contribution in [0.25, 0.3) is 95.3 Å². The maximum absolute atomic E-state index is 5.21. The van der Waals surface area contributed by atoms with Gasteiger partial charge in [-0.3, -0.25) is 4.40 Å². The van der Waals surface area contributed by atoms with Crippen LogP contribution < -0.4 is 10.6 Å². The highest BCUT2D eigenvalue weighted by Gasteiger charge is 2.20. The Morgan fingerprint density at radius 1 is 0.519 bits per heavy atom. The number of aromatic nitrogens is 5. The lowest BCUT2D eigenvalue weighted by Gasteiger charge is -2.13. The van der Waals surface area contributed by atoms with Crippen molar-refractivity contribution in [3.05, 3.63) is 156 Å². The van der Waals surface area contributed by atoms with Gasteiger partial charge in [-0.1, -0.05) is 103 Å². The second-order valence-corrected chi connectivity index (χ2v) is 13.8. The van der Waals surface area contributed by atoms with Gasteiger partial charge in [-0.15, -0.1) is 0 Å². The van der Waals surface area contributed by atoms with E-state index in [2.05, 4.69) is 155 Å². The Bertz CT molecular complexity index is 3120. The summed E-state index contributed by atoms with van der Waals surface area (Å²) in [5.41, 5.74) is 11.7. The van der Waals surface area contributed by atoms with Crippen LogP contribution in [0.2, 0.25) is 0 Å². The molecule has 2 aliphatic rings. The van der Waals surface area contributed by atoms with Crippen molar-refractivity contribution in [1.29, 1.82) is 0 Å². The van der Waals surface area contributed by atoms with E-state index >= 15 is 0 Å². The molecule has 0 atom stereocenters. The lowest BCUT2D eigenvalue weighted by Crippen LogP contribution is -2.30. The number of pyridine rings is 1. The zero-order chi connectivity index (χ0) is 34.2. The Balaban J connectivity index is 1.18. The molecule has 5 nitrogen and oxygen atoms in total. The predicted octanol–water partition coefficient (Wildman–Crippen LogP) is 9.95. The summed E-state index contributed by atoms with van der Waals surface area (Å²) in [6, 6.07) is 43.1. The van der Waals surface area contributed by atoms with Crippen molar-refractivity contribution in [2.75, 3.05) is 0 Å². The monoisotopic (exact) mass is 667 g/mol. The minimum atomic E-state index is 0.726. The summed E-state index contributed by atoms with van der Waals surface area (Å²) in [6.07, 6.45) is 15.7. The van der Waals surface area contributed by atoms with Crippen LogP contribution in [0.4, 0.5) is 0 Å². The van der Waals surface area contributed by atoms with Gasteiger partial charge in [0.05, 0.1) is 33.5 Å². The normalized spacial score (nSPS) is 14.2. The summed E-state index contributed by atoms with van der Waals surface area (Å²) in [4.78, 5) is 15.6. The third-order valence-corrected chi connectivity index (χ3v) is 10.7. The molecule has 2 aliphatic carbocycles. The number of hydrogen-bond acceptors (Lipinski definition) is 3. The third kappa shape index (κ3) is 4.39. The summed E-state index contributed by atoms with van der Waals surface area (Å²) in [5.74, 6) is 0.726. The van der Waals surface area contributed by atoms with E-state index in [1.807, 2.05) is 6.07 Å². The van der Waals surface area contributed by atoms with Crippen LogP contribution in [0.5, 0.6) is 0 Å². The fourth-order valence-corrected chi connectivity index (χ4v) is 8.43. The summed E-state index contributed by atoms with van der Waals surface area (Å²) >= 11 is 0. The number of nitrogens with zero attached hydrogens (tertiary/aromatic N) is 5. The molecule has 5 heteroatoms.